The molecule has 0 aliphatic rings. The SMILES string of the molecule is NCC(CCc1ccccc1)(CCc1ccccc1)c1ccccc1. The van der Waals surface area contributed by atoms with Gasteiger partial charge >= 0.3 is 0 Å². The van der Waals surface area contributed by atoms with Gasteiger partial charge in [0.2, 0.25) is 0 Å². The van der Waals surface area contributed by atoms with Gasteiger partial charge in [-0.25, -0.2) is 0 Å². The van der Waals surface area contributed by atoms with Gasteiger partial charge in [-0.15, -0.1) is 0 Å². The number of hydrogen-bond donors (Lipinski definition) is 1. The quantitative estimate of drug-likeness (QED) is 0.608. The zero-order valence-corrected chi connectivity index (χ0v) is 14.8. The minimum Gasteiger partial charge on any atom is -0.330 e. The third-order valence-corrected chi connectivity index (χ3v) is 5.25. The lowest BCUT2D eigenvalue weighted by atomic mass is 9.72. The molecule has 0 fully saturated rings. The highest BCUT2D eigenvalue weighted by Gasteiger charge is 2.30. The van der Waals surface area contributed by atoms with Crippen molar-refractivity contribution in [2.24, 2.45) is 5.73 Å². The minimum absolute atomic E-state index is 0.0208. The Morgan fingerprint density at radius 1 is 0.560 bits per heavy atom. The highest BCUT2D eigenvalue weighted by atomic mass is 14.6. The van der Waals surface area contributed by atoms with Crippen LogP contribution in [0.2, 0.25) is 0 Å². The van der Waals surface area contributed by atoms with Crippen LogP contribution in [-0.4, -0.2) is 6.54 Å². The van der Waals surface area contributed by atoms with Gasteiger partial charge in [0.25, 0.3) is 0 Å². The molecule has 0 aromatic heterocycles. The van der Waals surface area contributed by atoms with Crippen molar-refractivity contribution in [2.45, 2.75) is 31.1 Å². The van der Waals surface area contributed by atoms with E-state index >= 15 is 0 Å². The summed E-state index contributed by atoms with van der Waals surface area (Å²) in [4.78, 5) is 0. The number of aryl methyl sites for hydroxylation is 2. The number of benzene rings is 3. The number of nitrogens with two attached hydrogens (primary N) is 1. The number of hydrogen-bond acceptors (Lipinski definition) is 1. The lowest BCUT2D eigenvalue weighted by Crippen LogP contribution is -2.36. The summed E-state index contributed by atoms with van der Waals surface area (Å²) in [6.07, 6.45) is 4.26. The molecule has 0 saturated carbocycles. The van der Waals surface area contributed by atoms with Gasteiger partial charge in [-0.1, -0.05) is 91.0 Å². The summed E-state index contributed by atoms with van der Waals surface area (Å²) in [6.45, 7) is 0.677. The van der Waals surface area contributed by atoms with Crippen molar-refractivity contribution < 1.29 is 0 Å². The molecule has 0 aliphatic heterocycles. The molecule has 0 spiro atoms. The largest absolute Gasteiger partial charge is 0.330 e. The van der Waals surface area contributed by atoms with Gasteiger partial charge in [0.1, 0.15) is 0 Å². The Balaban J connectivity index is 1.81. The van der Waals surface area contributed by atoms with Gasteiger partial charge in [0, 0.05) is 12.0 Å². The lowest BCUT2D eigenvalue weighted by molar-refractivity contribution is 0.373. The molecule has 3 rings (SSSR count). The van der Waals surface area contributed by atoms with Gasteiger partial charge in [-0.05, 0) is 42.4 Å². The molecule has 25 heavy (non-hydrogen) atoms. The summed E-state index contributed by atoms with van der Waals surface area (Å²) in [7, 11) is 0. The van der Waals surface area contributed by atoms with Crippen LogP contribution in [0.15, 0.2) is 91.0 Å². The molecular formula is C24H27N. The predicted octanol–water partition coefficient (Wildman–Crippen LogP) is 5.15. The topological polar surface area (TPSA) is 26.0 Å². The van der Waals surface area contributed by atoms with Crippen LogP contribution in [0.4, 0.5) is 0 Å². The zero-order valence-electron chi connectivity index (χ0n) is 14.8. The molecule has 128 valence electrons. The summed E-state index contributed by atoms with van der Waals surface area (Å²) >= 11 is 0. The second kappa shape index (κ2) is 8.64. The minimum atomic E-state index is 0.0208. The summed E-state index contributed by atoms with van der Waals surface area (Å²) < 4.78 is 0. The average Bonchev–Trinajstić information content (AvgIpc) is 2.71. The van der Waals surface area contributed by atoms with Gasteiger partial charge in [-0.2, -0.15) is 0 Å². The fraction of sp³-hybridized carbons (Fsp3) is 0.250. The van der Waals surface area contributed by atoms with Crippen molar-refractivity contribution in [1.29, 1.82) is 0 Å². The molecule has 0 saturated heterocycles. The van der Waals surface area contributed by atoms with Crippen molar-refractivity contribution >= 4 is 0 Å². The molecule has 0 bridgehead atoms. The van der Waals surface area contributed by atoms with Crippen LogP contribution in [0.5, 0.6) is 0 Å². The van der Waals surface area contributed by atoms with E-state index in [-0.39, 0.29) is 5.41 Å². The molecule has 1 heteroatoms. The van der Waals surface area contributed by atoms with E-state index < -0.39 is 0 Å². The molecule has 0 aliphatic carbocycles. The molecule has 1 nitrogen and oxygen atoms in total. The fourth-order valence-electron chi connectivity index (χ4n) is 3.58. The van der Waals surface area contributed by atoms with E-state index in [1.807, 2.05) is 0 Å². The van der Waals surface area contributed by atoms with Crippen molar-refractivity contribution in [3.8, 4) is 0 Å². The van der Waals surface area contributed by atoms with E-state index in [1.54, 1.807) is 0 Å². The third-order valence-electron chi connectivity index (χ3n) is 5.25. The Hall–Kier alpha value is -2.38. The molecule has 0 amide bonds. The average molecular weight is 329 g/mol. The molecule has 0 heterocycles. The first kappa shape index (κ1) is 17.4. The third kappa shape index (κ3) is 4.58. The zero-order chi connectivity index (χ0) is 17.4. The second-order valence-corrected chi connectivity index (χ2v) is 6.82. The van der Waals surface area contributed by atoms with Crippen LogP contribution in [0.1, 0.15) is 29.5 Å². The van der Waals surface area contributed by atoms with Crippen LogP contribution in [-0.2, 0) is 18.3 Å². The smallest absolute Gasteiger partial charge is 0.00818 e. The summed E-state index contributed by atoms with van der Waals surface area (Å²) in [5.74, 6) is 0. The normalized spacial score (nSPS) is 11.4. The maximum absolute atomic E-state index is 6.37. The molecule has 3 aromatic carbocycles. The highest BCUT2D eigenvalue weighted by Crippen LogP contribution is 2.33. The maximum atomic E-state index is 6.37. The van der Waals surface area contributed by atoms with E-state index in [0.29, 0.717) is 6.54 Å². The van der Waals surface area contributed by atoms with Crippen LogP contribution in [0.25, 0.3) is 0 Å². The second-order valence-electron chi connectivity index (χ2n) is 6.82. The van der Waals surface area contributed by atoms with Gasteiger partial charge in [0.05, 0.1) is 0 Å². The van der Waals surface area contributed by atoms with E-state index in [2.05, 4.69) is 91.0 Å². The first-order valence-corrected chi connectivity index (χ1v) is 9.16. The molecular weight excluding hydrogens is 302 g/mol. The summed E-state index contributed by atoms with van der Waals surface area (Å²) in [6, 6.07) is 32.3. The van der Waals surface area contributed by atoms with Gasteiger partial charge in [0.15, 0.2) is 0 Å². The Kier molecular flexibility index (Phi) is 6.03. The Labute approximate surface area is 151 Å². The standard InChI is InChI=1S/C24H27N/c25-20-24(23-14-8-3-9-15-23,18-16-21-10-4-1-5-11-21)19-17-22-12-6-2-7-13-22/h1-15H,16-20,25H2. The highest BCUT2D eigenvalue weighted by molar-refractivity contribution is 5.28. The Morgan fingerprint density at radius 2 is 0.960 bits per heavy atom. The monoisotopic (exact) mass is 329 g/mol. The first-order valence-electron chi connectivity index (χ1n) is 9.16. The van der Waals surface area contributed by atoms with Crippen LogP contribution < -0.4 is 5.73 Å². The number of rotatable bonds is 8. The molecule has 0 unspecified atom stereocenters. The molecule has 0 atom stereocenters. The van der Waals surface area contributed by atoms with Crippen molar-refractivity contribution in [1.82, 2.24) is 0 Å². The predicted molar refractivity (Wildman–Crippen MR) is 107 cm³/mol. The Morgan fingerprint density at radius 3 is 1.36 bits per heavy atom. The van der Waals surface area contributed by atoms with Crippen LogP contribution >= 0.6 is 0 Å². The van der Waals surface area contributed by atoms with E-state index in [0.717, 1.165) is 25.7 Å². The van der Waals surface area contributed by atoms with Gasteiger partial charge in [-0.3, -0.25) is 0 Å². The van der Waals surface area contributed by atoms with Gasteiger partial charge < -0.3 is 5.73 Å². The maximum Gasteiger partial charge on any atom is 0.00818 e. The van der Waals surface area contributed by atoms with Crippen molar-refractivity contribution in [2.75, 3.05) is 6.54 Å². The van der Waals surface area contributed by atoms with Crippen molar-refractivity contribution in [3.05, 3.63) is 108 Å². The first-order chi connectivity index (χ1) is 12.3. The molecule has 2 N–H and O–H groups in total. The van der Waals surface area contributed by atoms with E-state index in [9.17, 15) is 0 Å². The van der Waals surface area contributed by atoms with Crippen molar-refractivity contribution in [3.63, 3.8) is 0 Å². The fourth-order valence-corrected chi connectivity index (χ4v) is 3.58. The summed E-state index contributed by atoms with van der Waals surface area (Å²) in [5, 5.41) is 0. The lowest BCUT2D eigenvalue weighted by Gasteiger charge is -2.34. The van der Waals surface area contributed by atoms with Crippen LogP contribution in [0.3, 0.4) is 0 Å². The molecule has 0 radical (unpaired) electrons. The molecule has 3 aromatic rings. The van der Waals surface area contributed by atoms with E-state index in [4.69, 9.17) is 5.73 Å². The summed E-state index contributed by atoms with van der Waals surface area (Å²) in [5.41, 5.74) is 10.5. The van der Waals surface area contributed by atoms with E-state index in [1.165, 1.54) is 16.7 Å². The Bertz CT molecular complexity index is 691. The van der Waals surface area contributed by atoms with Crippen LogP contribution in [0, 0.1) is 0 Å².